The number of urea groups is 1. The van der Waals surface area contributed by atoms with Gasteiger partial charge < -0.3 is 25.0 Å². The molecule has 2 N–H and O–H groups in total. The van der Waals surface area contributed by atoms with Gasteiger partial charge in [-0.05, 0) is 65.6 Å². The van der Waals surface area contributed by atoms with Crippen molar-refractivity contribution in [2.24, 2.45) is 5.92 Å². The zero-order chi connectivity index (χ0) is 33.1. The van der Waals surface area contributed by atoms with Gasteiger partial charge in [0.2, 0.25) is 5.91 Å². The van der Waals surface area contributed by atoms with Crippen LogP contribution in [-0.2, 0) is 22.4 Å². The first-order chi connectivity index (χ1) is 22.7. The molecule has 10 nitrogen and oxygen atoms in total. The van der Waals surface area contributed by atoms with Gasteiger partial charge in [0, 0.05) is 49.5 Å². The summed E-state index contributed by atoms with van der Waals surface area (Å²) in [6.07, 6.45) is 0.901. The second kappa shape index (κ2) is 13.4. The average Bonchev–Trinajstić information content (AvgIpc) is 3.74. The number of carbonyl (C=O) groups is 4. The van der Waals surface area contributed by atoms with Crippen molar-refractivity contribution < 1.29 is 29.0 Å². The van der Waals surface area contributed by atoms with Crippen LogP contribution in [0.3, 0.4) is 0 Å². The normalized spacial score (nSPS) is 16.8. The minimum Gasteiger partial charge on any atom is -0.495 e. The molecule has 0 bridgehead atoms. The predicted octanol–water partition coefficient (Wildman–Crippen LogP) is 5.44. The number of methoxy groups -OCH3 is 1. The number of aliphatic carboxylic acids is 1. The molecule has 2 aliphatic heterocycles. The van der Waals surface area contributed by atoms with Gasteiger partial charge in [-0.3, -0.25) is 19.3 Å². The lowest BCUT2D eigenvalue weighted by molar-refractivity contribution is -0.141. The third-order valence-corrected chi connectivity index (χ3v) is 9.02. The molecule has 0 saturated carbocycles. The van der Waals surface area contributed by atoms with Crippen LogP contribution < -0.4 is 19.9 Å². The maximum absolute atomic E-state index is 13.3. The number of likely N-dealkylation sites (N-methyl/N-ethyl adjacent to an activating group) is 1. The van der Waals surface area contributed by atoms with E-state index in [2.05, 4.69) is 5.32 Å². The van der Waals surface area contributed by atoms with Crippen LogP contribution in [0.25, 0.3) is 0 Å². The number of anilines is 3. The fourth-order valence-corrected chi connectivity index (χ4v) is 6.38. The summed E-state index contributed by atoms with van der Waals surface area (Å²) in [5, 5.41) is 12.9. The van der Waals surface area contributed by atoms with Crippen LogP contribution in [-0.4, -0.2) is 67.6 Å². The molecule has 0 aliphatic carbocycles. The van der Waals surface area contributed by atoms with Crippen LogP contribution >= 0.6 is 0 Å². The molecule has 240 valence electrons. The Morgan fingerprint density at radius 1 is 0.915 bits per heavy atom. The first-order valence-electron chi connectivity index (χ1n) is 15.5. The van der Waals surface area contributed by atoms with E-state index in [1.165, 1.54) is 7.11 Å². The summed E-state index contributed by atoms with van der Waals surface area (Å²) in [4.78, 5) is 56.4. The van der Waals surface area contributed by atoms with E-state index >= 15 is 0 Å². The molecular formula is C37H36N4O6. The fraction of sp³-hybridized carbons (Fsp3) is 0.243. The van der Waals surface area contributed by atoms with E-state index in [9.17, 15) is 24.3 Å². The Kier molecular flexibility index (Phi) is 8.92. The molecule has 0 spiro atoms. The molecule has 4 amide bonds. The number of carboxylic acids is 1. The summed E-state index contributed by atoms with van der Waals surface area (Å²) >= 11 is 0. The van der Waals surface area contributed by atoms with Gasteiger partial charge in [0.15, 0.2) is 0 Å². The highest BCUT2D eigenvalue weighted by atomic mass is 16.5. The number of carboxylic acid groups (broad SMARTS) is 1. The molecule has 4 aromatic carbocycles. The third kappa shape index (κ3) is 6.53. The fourth-order valence-electron chi connectivity index (χ4n) is 6.38. The van der Waals surface area contributed by atoms with Crippen LogP contribution in [0.4, 0.5) is 21.9 Å². The van der Waals surface area contributed by atoms with Crippen molar-refractivity contribution >= 4 is 40.9 Å². The first-order valence-corrected chi connectivity index (χ1v) is 15.5. The Morgan fingerprint density at radius 3 is 2.36 bits per heavy atom. The Bertz CT molecular complexity index is 1810. The van der Waals surface area contributed by atoms with Gasteiger partial charge in [-0.2, -0.15) is 0 Å². The van der Waals surface area contributed by atoms with Crippen molar-refractivity contribution in [2.75, 3.05) is 48.9 Å². The number of nitrogens with one attached hydrogen (secondary N) is 1. The average molecular weight is 633 g/mol. The Hall–Kier alpha value is -5.64. The van der Waals surface area contributed by atoms with E-state index < -0.39 is 11.9 Å². The summed E-state index contributed by atoms with van der Waals surface area (Å²) in [5.74, 6) is -1.95. The van der Waals surface area contributed by atoms with Crippen LogP contribution in [0.5, 0.6) is 5.75 Å². The van der Waals surface area contributed by atoms with Gasteiger partial charge in [-0.1, -0.05) is 54.6 Å². The quantitative estimate of drug-likeness (QED) is 0.267. The number of likely N-dealkylation sites (tertiary alicyclic amines) is 1. The largest absolute Gasteiger partial charge is 0.495 e. The third-order valence-electron chi connectivity index (χ3n) is 9.02. The van der Waals surface area contributed by atoms with Crippen molar-refractivity contribution in [3.05, 3.63) is 119 Å². The highest BCUT2D eigenvalue weighted by molar-refractivity contribution is 6.04. The molecule has 1 saturated heterocycles. The number of amides is 4. The summed E-state index contributed by atoms with van der Waals surface area (Å²) in [7, 11) is 3.21. The summed E-state index contributed by atoms with van der Waals surface area (Å²) in [6.45, 7) is 1.02. The highest BCUT2D eigenvalue weighted by Gasteiger charge is 2.40. The molecule has 0 radical (unpaired) electrons. The van der Waals surface area contributed by atoms with E-state index in [0.29, 0.717) is 35.8 Å². The lowest BCUT2D eigenvalue weighted by Crippen LogP contribution is -2.33. The van der Waals surface area contributed by atoms with E-state index in [4.69, 9.17) is 4.74 Å². The molecule has 2 atom stereocenters. The lowest BCUT2D eigenvalue weighted by Gasteiger charge is -2.21. The SMILES string of the molecule is COc1cc(CC(=O)N(C)c2ccc(C3CN(C(=O)c4ccccc4)CC3C(=O)O)cc2)ccc1NC(=O)N1CCc2ccccc21. The lowest BCUT2D eigenvalue weighted by atomic mass is 9.89. The van der Waals surface area contributed by atoms with E-state index in [1.54, 1.807) is 76.3 Å². The van der Waals surface area contributed by atoms with Crippen LogP contribution in [0, 0.1) is 5.92 Å². The minimum absolute atomic E-state index is 0.0998. The summed E-state index contributed by atoms with van der Waals surface area (Å²) in [5.41, 5.74) is 5.24. The molecule has 4 aromatic rings. The Morgan fingerprint density at radius 2 is 1.64 bits per heavy atom. The van der Waals surface area contributed by atoms with E-state index in [0.717, 1.165) is 28.8 Å². The van der Waals surface area contributed by atoms with Crippen molar-refractivity contribution in [2.45, 2.75) is 18.8 Å². The Labute approximate surface area is 273 Å². The number of hydrogen-bond acceptors (Lipinski definition) is 5. The molecular weight excluding hydrogens is 596 g/mol. The van der Waals surface area contributed by atoms with E-state index in [1.807, 2.05) is 42.5 Å². The number of ether oxygens (including phenoxy) is 1. The van der Waals surface area contributed by atoms with Crippen LogP contribution in [0.1, 0.15) is 33.0 Å². The standard InChI is InChI=1S/C37H36N4O6/c1-39(28-15-13-25(14-16-28)29-22-40(23-30(29)36(44)45)35(43)27-9-4-3-5-10-27)34(42)21-24-12-17-31(33(20-24)47-2)38-37(46)41-19-18-26-8-6-7-11-32(26)41/h3-17,20,29-30H,18-19,21-23H2,1-2H3,(H,38,46)(H,44,45). The number of carbonyl (C=O) groups excluding carboxylic acids is 3. The van der Waals surface area contributed by atoms with Crippen molar-refractivity contribution in [3.8, 4) is 5.75 Å². The van der Waals surface area contributed by atoms with Gasteiger partial charge in [0.05, 0.1) is 25.1 Å². The zero-order valence-electron chi connectivity index (χ0n) is 26.3. The topological polar surface area (TPSA) is 119 Å². The summed E-state index contributed by atoms with van der Waals surface area (Å²) in [6, 6.07) is 29.0. The smallest absolute Gasteiger partial charge is 0.326 e. The molecule has 2 aliphatic rings. The van der Waals surface area contributed by atoms with Crippen LogP contribution in [0.15, 0.2) is 97.1 Å². The number of para-hydroxylation sites is 1. The molecule has 2 unspecified atom stereocenters. The monoisotopic (exact) mass is 632 g/mol. The highest BCUT2D eigenvalue weighted by Crippen LogP contribution is 2.35. The number of hydrogen-bond donors (Lipinski definition) is 2. The first kappa shape index (κ1) is 31.3. The van der Waals surface area contributed by atoms with Crippen molar-refractivity contribution in [1.29, 1.82) is 0 Å². The second-order valence-corrected chi connectivity index (χ2v) is 11.8. The number of rotatable bonds is 8. The molecule has 47 heavy (non-hydrogen) atoms. The van der Waals surface area contributed by atoms with Crippen molar-refractivity contribution in [1.82, 2.24) is 4.90 Å². The predicted molar refractivity (Wildman–Crippen MR) is 179 cm³/mol. The van der Waals surface area contributed by atoms with Gasteiger partial charge in [-0.25, -0.2) is 4.79 Å². The van der Waals surface area contributed by atoms with Crippen LogP contribution in [0.2, 0.25) is 0 Å². The van der Waals surface area contributed by atoms with Gasteiger partial charge >= 0.3 is 12.0 Å². The van der Waals surface area contributed by atoms with Gasteiger partial charge in [0.1, 0.15) is 5.75 Å². The zero-order valence-corrected chi connectivity index (χ0v) is 26.3. The molecule has 10 heteroatoms. The number of fused-ring (bicyclic) bond motifs is 1. The molecule has 1 fully saturated rings. The maximum atomic E-state index is 13.3. The van der Waals surface area contributed by atoms with Crippen molar-refractivity contribution in [3.63, 3.8) is 0 Å². The van der Waals surface area contributed by atoms with Gasteiger partial charge in [-0.15, -0.1) is 0 Å². The number of nitrogens with zero attached hydrogens (tertiary/aromatic N) is 3. The molecule has 6 rings (SSSR count). The maximum Gasteiger partial charge on any atom is 0.326 e. The van der Waals surface area contributed by atoms with E-state index in [-0.39, 0.29) is 36.7 Å². The molecule has 0 aromatic heterocycles. The second-order valence-electron chi connectivity index (χ2n) is 11.8. The summed E-state index contributed by atoms with van der Waals surface area (Å²) < 4.78 is 5.56. The molecule has 2 heterocycles. The Balaban J connectivity index is 1.10. The number of benzene rings is 4. The minimum atomic E-state index is -0.947. The van der Waals surface area contributed by atoms with Gasteiger partial charge in [0.25, 0.3) is 5.91 Å².